The van der Waals surface area contributed by atoms with Crippen molar-refractivity contribution in [1.82, 2.24) is 9.55 Å². The Labute approximate surface area is 152 Å². The summed E-state index contributed by atoms with van der Waals surface area (Å²) >= 11 is 3.43. The largest absolute Gasteiger partial charge is 0.495 e. The SMILES string of the molecule is COC(=O)c1cc2cc(Br)c(OC)cc2n(Cc2ccccn2)c1=O. The Bertz CT molecular complexity index is 999. The maximum Gasteiger partial charge on any atom is 0.343 e. The van der Waals surface area contributed by atoms with E-state index in [-0.39, 0.29) is 12.1 Å². The van der Waals surface area contributed by atoms with Gasteiger partial charge in [-0.25, -0.2) is 4.79 Å². The van der Waals surface area contributed by atoms with Gasteiger partial charge in [-0.05, 0) is 40.2 Å². The van der Waals surface area contributed by atoms with Gasteiger partial charge in [0.25, 0.3) is 5.56 Å². The molecule has 1 aromatic carbocycles. The van der Waals surface area contributed by atoms with E-state index in [4.69, 9.17) is 9.47 Å². The van der Waals surface area contributed by atoms with Crippen LogP contribution < -0.4 is 10.3 Å². The summed E-state index contributed by atoms with van der Waals surface area (Å²) in [6, 6.07) is 10.5. The number of aromatic nitrogens is 2. The van der Waals surface area contributed by atoms with Crippen LogP contribution in [0.5, 0.6) is 5.75 Å². The smallest absolute Gasteiger partial charge is 0.343 e. The predicted molar refractivity (Wildman–Crippen MR) is 97.1 cm³/mol. The molecule has 0 amide bonds. The van der Waals surface area contributed by atoms with Crippen LogP contribution in [0.3, 0.4) is 0 Å². The molecule has 3 rings (SSSR count). The average molecular weight is 403 g/mol. The standard InChI is InChI=1S/C18H15BrN2O4/c1-24-16-9-15-11(8-14(16)19)7-13(18(23)25-2)17(22)21(15)10-12-5-3-4-6-20-12/h3-9H,10H2,1-2H3. The van der Waals surface area contributed by atoms with Crippen LogP contribution in [0, 0.1) is 0 Å². The Balaban J connectivity index is 2.31. The lowest BCUT2D eigenvalue weighted by molar-refractivity contribution is 0.0598. The Hall–Kier alpha value is -2.67. The number of methoxy groups -OCH3 is 2. The molecule has 128 valence electrons. The molecule has 0 bridgehead atoms. The third-order valence-electron chi connectivity index (χ3n) is 3.82. The highest BCUT2D eigenvalue weighted by atomic mass is 79.9. The molecule has 0 saturated carbocycles. The number of carbonyl (C=O) groups is 1. The molecule has 25 heavy (non-hydrogen) atoms. The zero-order valence-electron chi connectivity index (χ0n) is 13.7. The van der Waals surface area contributed by atoms with E-state index < -0.39 is 11.5 Å². The molecule has 3 aromatic rings. The van der Waals surface area contributed by atoms with Gasteiger partial charge >= 0.3 is 5.97 Å². The normalized spacial score (nSPS) is 10.7. The van der Waals surface area contributed by atoms with E-state index >= 15 is 0 Å². The van der Waals surface area contributed by atoms with Crippen LogP contribution in [0.25, 0.3) is 10.9 Å². The second kappa shape index (κ2) is 7.06. The zero-order chi connectivity index (χ0) is 18.0. The number of hydrogen-bond acceptors (Lipinski definition) is 5. The molecule has 2 heterocycles. The maximum absolute atomic E-state index is 12.9. The number of pyridine rings is 2. The van der Waals surface area contributed by atoms with Crippen molar-refractivity contribution in [2.24, 2.45) is 0 Å². The van der Waals surface area contributed by atoms with Gasteiger partial charge in [-0.1, -0.05) is 6.07 Å². The number of ether oxygens (including phenoxy) is 2. The van der Waals surface area contributed by atoms with E-state index in [0.29, 0.717) is 22.3 Å². The molecule has 0 N–H and O–H groups in total. The molecule has 0 atom stereocenters. The van der Waals surface area contributed by atoms with Gasteiger partial charge in [-0.15, -0.1) is 0 Å². The van der Waals surface area contributed by atoms with Gasteiger partial charge in [0.05, 0.1) is 36.4 Å². The van der Waals surface area contributed by atoms with Gasteiger partial charge in [0.2, 0.25) is 0 Å². The van der Waals surface area contributed by atoms with Crippen molar-refractivity contribution < 1.29 is 14.3 Å². The predicted octanol–water partition coefficient (Wildman–Crippen LogP) is 3.00. The summed E-state index contributed by atoms with van der Waals surface area (Å²) in [5.41, 5.74) is 0.885. The van der Waals surface area contributed by atoms with Crippen molar-refractivity contribution in [1.29, 1.82) is 0 Å². The van der Waals surface area contributed by atoms with Crippen LogP contribution in [-0.4, -0.2) is 29.7 Å². The van der Waals surface area contributed by atoms with Crippen LogP contribution in [-0.2, 0) is 11.3 Å². The first-order chi connectivity index (χ1) is 12.0. The van der Waals surface area contributed by atoms with Crippen LogP contribution in [0.2, 0.25) is 0 Å². The fourth-order valence-electron chi connectivity index (χ4n) is 2.60. The molecule has 0 aliphatic carbocycles. The molecular weight excluding hydrogens is 388 g/mol. The highest BCUT2D eigenvalue weighted by Crippen LogP contribution is 2.30. The Morgan fingerprint density at radius 2 is 2.04 bits per heavy atom. The Morgan fingerprint density at radius 1 is 1.24 bits per heavy atom. The number of hydrogen-bond donors (Lipinski definition) is 0. The van der Waals surface area contributed by atoms with Crippen molar-refractivity contribution in [3.05, 3.63) is 68.7 Å². The first-order valence-corrected chi connectivity index (χ1v) is 8.23. The molecule has 2 aromatic heterocycles. The highest BCUT2D eigenvalue weighted by Gasteiger charge is 2.18. The number of benzene rings is 1. The molecule has 0 unspecified atom stereocenters. The van der Waals surface area contributed by atoms with Gasteiger partial charge in [-0.3, -0.25) is 9.78 Å². The molecule has 7 heteroatoms. The number of esters is 1. The van der Waals surface area contributed by atoms with Gasteiger partial charge in [0, 0.05) is 17.6 Å². The van der Waals surface area contributed by atoms with E-state index in [2.05, 4.69) is 20.9 Å². The minimum Gasteiger partial charge on any atom is -0.495 e. The second-order valence-corrected chi connectivity index (χ2v) is 6.16. The molecule has 6 nitrogen and oxygen atoms in total. The van der Waals surface area contributed by atoms with Crippen molar-refractivity contribution in [3.63, 3.8) is 0 Å². The fraction of sp³-hybridized carbons (Fsp3) is 0.167. The van der Waals surface area contributed by atoms with E-state index in [0.717, 1.165) is 4.47 Å². The number of rotatable bonds is 4. The lowest BCUT2D eigenvalue weighted by Gasteiger charge is -2.14. The molecular formula is C18H15BrN2O4. The van der Waals surface area contributed by atoms with E-state index in [1.165, 1.54) is 17.7 Å². The van der Waals surface area contributed by atoms with Crippen molar-refractivity contribution in [2.75, 3.05) is 14.2 Å². The Kier molecular flexibility index (Phi) is 4.85. The lowest BCUT2D eigenvalue weighted by atomic mass is 10.1. The molecule has 0 fully saturated rings. The van der Waals surface area contributed by atoms with Gasteiger partial charge in [0.15, 0.2) is 0 Å². The van der Waals surface area contributed by atoms with Crippen molar-refractivity contribution in [2.45, 2.75) is 6.54 Å². The minimum absolute atomic E-state index is 0.0250. The summed E-state index contributed by atoms with van der Waals surface area (Å²) in [7, 11) is 2.80. The summed E-state index contributed by atoms with van der Waals surface area (Å²) in [5.74, 6) is -0.0823. The lowest BCUT2D eigenvalue weighted by Crippen LogP contribution is -2.28. The van der Waals surface area contributed by atoms with Crippen LogP contribution in [0.4, 0.5) is 0 Å². The van der Waals surface area contributed by atoms with Gasteiger partial charge in [0.1, 0.15) is 11.3 Å². The first kappa shape index (κ1) is 17.2. The fourth-order valence-corrected chi connectivity index (χ4v) is 3.13. The Morgan fingerprint density at radius 3 is 2.68 bits per heavy atom. The molecule has 0 aliphatic rings. The zero-order valence-corrected chi connectivity index (χ0v) is 15.2. The van der Waals surface area contributed by atoms with Crippen LogP contribution in [0.15, 0.2) is 51.9 Å². The number of nitrogens with zero attached hydrogens (tertiary/aromatic N) is 2. The monoisotopic (exact) mass is 402 g/mol. The number of halogens is 1. The maximum atomic E-state index is 12.9. The molecule has 0 aliphatic heterocycles. The van der Waals surface area contributed by atoms with E-state index in [9.17, 15) is 9.59 Å². The summed E-state index contributed by atoms with van der Waals surface area (Å²) in [4.78, 5) is 29.1. The van der Waals surface area contributed by atoms with E-state index in [1.807, 2.05) is 12.1 Å². The topological polar surface area (TPSA) is 70.4 Å². The summed E-state index contributed by atoms with van der Waals surface area (Å²) < 4.78 is 12.3. The average Bonchev–Trinajstić information content (AvgIpc) is 2.63. The first-order valence-electron chi connectivity index (χ1n) is 7.44. The minimum atomic E-state index is -0.673. The second-order valence-electron chi connectivity index (χ2n) is 5.31. The molecule has 0 spiro atoms. The summed E-state index contributed by atoms with van der Waals surface area (Å²) in [6.07, 6.45) is 1.66. The third-order valence-corrected chi connectivity index (χ3v) is 4.44. The number of carbonyl (C=O) groups excluding carboxylic acids is 1. The van der Waals surface area contributed by atoms with Crippen molar-refractivity contribution >= 4 is 32.8 Å². The molecule has 0 saturated heterocycles. The van der Waals surface area contributed by atoms with Crippen molar-refractivity contribution in [3.8, 4) is 5.75 Å². The van der Waals surface area contributed by atoms with Crippen LogP contribution >= 0.6 is 15.9 Å². The summed E-state index contributed by atoms with van der Waals surface area (Å²) in [6.45, 7) is 0.228. The summed E-state index contributed by atoms with van der Waals surface area (Å²) in [5, 5.41) is 0.712. The quantitative estimate of drug-likeness (QED) is 0.627. The van der Waals surface area contributed by atoms with E-state index in [1.54, 1.807) is 31.5 Å². The van der Waals surface area contributed by atoms with Gasteiger partial charge in [-0.2, -0.15) is 0 Å². The third kappa shape index (κ3) is 3.28. The van der Waals surface area contributed by atoms with Gasteiger partial charge < -0.3 is 14.0 Å². The highest BCUT2D eigenvalue weighted by molar-refractivity contribution is 9.10. The molecule has 0 radical (unpaired) electrons. The number of fused-ring (bicyclic) bond motifs is 1. The van der Waals surface area contributed by atoms with Crippen LogP contribution in [0.1, 0.15) is 16.1 Å².